The van der Waals surface area contributed by atoms with Crippen LogP contribution < -0.4 is 5.73 Å². The number of nitrogens with zero attached hydrogens (tertiary/aromatic N) is 1. The van der Waals surface area contributed by atoms with Crippen LogP contribution in [-0.2, 0) is 14.3 Å². The minimum atomic E-state index is -0.201. The van der Waals surface area contributed by atoms with Crippen LogP contribution in [0.25, 0.3) is 0 Å². The van der Waals surface area contributed by atoms with Gasteiger partial charge in [-0.15, -0.1) is 0 Å². The molecule has 104 valence electrons. The summed E-state index contributed by atoms with van der Waals surface area (Å²) in [5.74, 6) is 0.172. The molecule has 0 aromatic rings. The van der Waals surface area contributed by atoms with Gasteiger partial charge in [0.25, 0.3) is 0 Å². The van der Waals surface area contributed by atoms with Crippen molar-refractivity contribution >= 4 is 5.91 Å². The predicted molar refractivity (Wildman–Crippen MR) is 68.2 cm³/mol. The van der Waals surface area contributed by atoms with Crippen LogP contribution in [0.3, 0.4) is 0 Å². The molecule has 2 aliphatic rings. The molecule has 1 aliphatic heterocycles. The number of methoxy groups -OCH3 is 1. The second kappa shape index (κ2) is 5.55. The number of carbonyl (C=O) groups is 1. The molecule has 1 aliphatic carbocycles. The van der Waals surface area contributed by atoms with E-state index in [-0.39, 0.29) is 23.7 Å². The van der Waals surface area contributed by atoms with E-state index in [0.29, 0.717) is 26.1 Å². The van der Waals surface area contributed by atoms with E-state index in [2.05, 4.69) is 0 Å². The zero-order valence-electron chi connectivity index (χ0n) is 11.4. The summed E-state index contributed by atoms with van der Waals surface area (Å²) in [6.45, 7) is 3.67. The minimum Gasteiger partial charge on any atom is -0.378 e. The molecule has 2 rings (SSSR count). The summed E-state index contributed by atoms with van der Waals surface area (Å²) in [6.07, 6.45) is 3.61. The molecule has 2 N–H and O–H groups in total. The molecule has 2 atom stereocenters. The van der Waals surface area contributed by atoms with Gasteiger partial charge in [-0.1, -0.05) is 0 Å². The highest BCUT2D eigenvalue weighted by atomic mass is 16.5. The highest BCUT2D eigenvalue weighted by Crippen LogP contribution is 2.38. The lowest BCUT2D eigenvalue weighted by molar-refractivity contribution is -0.155. The summed E-state index contributed by atoms with van der Waals surface area (Å²) in [4.78, 5) is 14.3. The lowest BCUT2D eigenvalue weighted by atomic mass is 9.77. The fourth-order valence-corrected chi connectivity index (χ4v) is 2.71. The fraction of sp³-hybridized carbons (Fsp3) is 0.923. The maximum absolute atomic E-state index is 12.4. The average Bonchev–Trinajstić information content (AvgIpc) is 2.34. The lowest BCUT2D eigenvalue weighted by Crippen LogP contribution is -2.55. The van der Waals surface area contributed by atoms with Gasteiger partial charge in [0.05, 0.1) is 30.8 Å². The summed E-state index contributed by atoms with van der Waals surface area (Å²) in [5.41, 5.74) is 5.41. The fourth-order valence-electron chi connectivity index (χ4n) is 2.71. The van der Waals surface area contributed by atoms with E-state index in [9.17, 15) is 4.79 Å². The van der Waals surface area contributed by atoms with E-state index >= 15 is 0 Å². The van der Waals surface area contributed by atoms with Gasteiger partial charge in [0.1, 0.15) is 0 Å². The van der Waals surface area contributed by atoms with E-state index < -0.39 is 0 Å². The molecule has 1 saturated carbocycles. The van der Waals surface area contributed by atoms with E-state index in [1.807, 2.05) is 11.8 Å². The second-order valence-corrected chi connectivity index (χ2v) is 5.50. The molecule has 0 bridgehead atoms. The Hall–Kier alpha value is -0.650. The number of amides is 1. The maximum atomic E-state index is 12.4. The maximum Gasteiger partial charge on any atom is 0.225 e. The van der Waals surface area contributed by atoms with Crippen molar-refractivity contribution in [1.82, 2.24) is 4.90 Å². The summed E-state index contributed by atoms with van der Waals surface area (Å²) in [6, 6.07) is 0.134. The first-order valence-electron chi connectivity index (χ1n) is 6.76. The third-order valence-corrected chi connectivity index (χ3v) is 4.26. The molecular weight excluding hydrogens is 232 g/mol. The van der Waals surface area contributed by atoms with Gasteiger partial charge in [0, 0.05) is 20.2 Å². The molecular formula is C13H24N2O3. The number of hydrogen-bond acceptors (Lipinski definition) is 4. The first-order chi connectivity index (χ1) is 8.60. The first kappa shape index (κ1) is 13.8. The summed E-state index contributed by atoms with van der Waals surface area (Å²) in [5, 5.41) is 0. The van der Waals surface area contributed by atoms with Gasteiger partial charge in [0.2, 0.25) is 5.91 Å². The summed E-state index contributed by atoms with van der Waals surface area (Å²) < 4.78 is 11.1. The van der Waals surface area contributed by atoms with E-state index in [4.69, 9.17) is 15.2 Å². The molecule has 0 radical (unpaired) electrons. The van der Waals surface area contributed by atoms with Gasteiger partial charge in [-0.2, -0.15) is 0 Å². The molecule has 0 aromatic heterocycles. The molecule has 1 saturated heterocycles. The number of morpholine rings is 1. The first-order valence-corrected chi connectivity index (χ1v) is 6.76. The zero-order chi connectivity index (χ0) is 13.2. The second-order valence-electron chi connectivity index (χ2n) is 5.50. The molecule has 18 heavy (non-hydrogen) atoms. The number of ether oxygens (including phenoxy) is 2. The van der Waals surface area contributed by atoms with Crippen LogP contribution in [0.2, 0.25) is 0 Å². The third-order valence-electron chi connectivity index (χ3n) is 4.26. The average molecular weight is 256 g/mol. The van der Waals surface area contributed by atoms with Crippen LogP contribution in [-0.4, -0.2) is 55.4 Å². The van der Waals surface area contributed by atoms with Crippen LogP contribution in [0.4, 0.5) is 0 Å². The van der Waals surface area contributed by atoms with Gasteiger partial charge in [-0.3, -0.25) is 4.79 Å². The van der Waals surface area contributed by atoms with E-state index in [1.165, 1.54) is 0 Å². The van der Waals surface area contributed by atoms with Crippen molar-refractivity contribution in [3.8, 4) is 0 Å². The van der Waals surface area contributed by atoms with E-state index in [1.54, 1.807) is 7.11 Å². The SMILES string of the molecule is COC1(CC(=O)N2CC(CN)OCC2C)CCC1. The van der Waals surface area contributed by atoms with Gasteiger partial charge >= 0.3 is 0 Å². The molecule has 0 aromatic carbocycles. The van der Waals surface area contributed by atoms with Gasteiger partial charge in [-0.05, 0) is 26.2 Å². The molecule has 5 heteroatoms. The van der Waals surface area contributed by atoms with Crippen LogP contribution in [0.5, 0.6) is 0 Å². The molecule has 2 fully saturated rings. The van der Waals surface area contributed by atoms with Crippen LogP contribution in [0.1, 0.15) is 32.6 Å². The van der Waals surface area contributed by atoms with Crippen molar-refractivity contribution < 1.29 is 14.3 Å². The Kier molecular flexibility index (Phi) is 4.25. The Morgan fingerprint density at radius 3 is 2.78 bits per heavy atom. The zero-order valence-corrected chi connectivity index (χ0v) is 11.4. The predicted octanol–water partition coefficient (Wildman–Crippen LogP) is 0.520. The Morgan fingerprint density at radius 1 is 1.56 bits per heavy atom. The number of rotatable bonds is 4. The third kappa shape index (κ3) is 2.68. The minimum absolute atomic E-state index is 0.0231. The number of nitrogens with two attached hydrogens (primary N) is 1. The highest BCUT2D eigenvalue weighted by molar-refractivity contribution is 5.78. The largest absolute Gasteiger partial charge is 0.378 e. The van der Waals surface area contributed by atoms with E-state index in [0.717, 1.165) is 19.3 Å². The van der Waals surface area contributed by atoms with Crippen molar-refractivity contribution in [2.75, 3.05) is 26.8 Å². The standard InChI is InChI=1S/C13H24N2O3/c1-10-9-18-11(7-14)8-15(10)12(16)6-13(17-2)4-3-5-13/h10-11H,3-9,14H2,1-2H3. The molecule has 0 spiro atoms. The van der Waals surface area contributed by atoms with Crippen molar-refractivity contribution in [3.05, 3.63) is 0 Å². The Labute approximate surface area is 109 Å². The van der Waals surface area contributed by atoms with Crippen LogP contribution in [0, 0.1) is 0 Å². The summed E-state index contributed by atoms with van der Waals surface area (Å²) in [7, 11) is 1.71. The Balaban J connectivity index is 1.94. The van der Waals surface area contributed by atoms with Crippen LogP contribution >= 0.6 is 0 Å². The van der Waals surface area contributed by atoms with Crippen molar-refractivity contribution in [2.24, 2.45) is 5.73 Å². The topological polar surface area (TPSA) is 64.8 Å². The Morgan fingerprint density at radius 2 is 2.28 bits per heavy atom. The van der Waals surface area contributed by atoms with Crippen molar-refractivity contribution in [1.29, 1.82) is 0 Å². The molecule has 5 nitrogen and oxygen atoms in total. The number of carbonyl (C=O) groups excluding carboxylic acids is 1. The normalized spacial score (nSPS) is 30.9. The van der Waals surface area contributed by atoms with Gasteiger partial charge in [-0.25, -0.2) is 0 Å². The molecule has 1 heterocycles. The highest BCUT2D eigenvalue weighted by Gasteiger charge is 2.41. The monoisotopic (exact) mass is 256 g/mol. The van der Waals surface area contributed by atoms with Crippen molar-refractivity contribution in [2.45, 2.75) is 50.4 Å². The van der Waals surface area contributed by atoms with Gasteiger partial charge < -0.3 is 20.1 Å². The number of hydrogen-bond donors (Lipinski definition) is 1. The quantitative estimate of drug-likeness (QED) is 0.796. The smallest absolute Gasteiger partial charge is 0.225 e. The van der Waals surface area contributed by atoms with Crippen LogP contribution in [0.15, 0.2) is 0 Å². The van der Waals surface area contributed by atoms with Crippen molar-refractivity contribution in [3.63, 3.8) is 0 Å². The Bertz CT molecular complexity index is 299. The van der Waals surface area contributed by atoms with Gasteiger partial charge in [0.15, 0.2) is 0 Å². The molecule has 1 amide bonds. The summed E-state index contributed by atoms with van der Waals surface area (Å²) >= 11 is 0. The molecule has 2 unspecified atom stereocenters. The lowest BCUT2D eigenvalue weighted by Gasteiger charge is -2.43.